The number of halogens is 1. The third-order valence-electron chi connectivity index (χ3n) is 3.28. The highest BCUT2D eigenvalue weighted by molar-refractivity contribution is 7.09. The maximum atomic E-state index is 12.0. The average Bonchev–Trinajstić information content (AvgIpc) is 3.09. The summed E-state index contributed by atoms with van der Waals surface area (Å²) in [5.74, 6) is -2.01. The van der Waals surface area contributed by atoms with Gasteiger partial charge in [0.15, 0.2) is 0 Å². The van der Waals surface area contributed by atoms with Crippen molar-refractivity contribution in [2.45, 2.75) is 19.0 Å². The first-order chi connectivity index (χ1) is 12.0. The van der Waals surface area contributed by atoms with Gasteiger partial charge in [-0.05, 0) is 5.56 Å². The second-order valence-electron chi connectivity index (χ2n) is 5.14. The number of nitrogens with one attached hydrogen (secondary N) is 2. The van der Waals surface area contributed by atoms with Crippen LogP contribution in [0.2, 0.25) is 0 Å². The quantitative estimate of drug-likeness (QED) is 0.525. The SMILES string of the molecule is Cl.NCc1nc(C(=O)NCC(=O)NC(CC(=O)O)c2ccccc2)cs1. The molecule has 2 aromatic rings. The Morgan fingerprint density at radius 2 is 1.92 bits per heavy atom. The Kier molecular flexibility index (Phi) is 8.70. The van der Waals surface area contributed by atoms with E-state index in [1.54, 1.807) is 35.7 Å². The lowest BCUT2D eigenvalue weighted by Crippen LogP contribution is -2.39. The summed E-state index contributed by atoms with van der Waals surface area (Å²) in [5, 5.41) is 16.3. The molecule has 0 aliphatic carbocycles. The molecule has 0 saturated heterocycles. The molecule has 0 saturated carbocycles. The van der Waals surface area contributed by atoms with Crippen molar-refractivity contribution in [2.75, 3.05) is 6.54 Å². The van der Waals surface area contributed by atoms with Crippen molar-refractivity contribution < 1.29 is 19.5 Å². The number of thiazole rings is 1. The molecule has 1 heterocycles. The van der Waals surface area contributed by atoms with Crippen molar-refractivity contribution in [3.05, 3.63) is 52.0 Å². The summed E-state index contributed by atoms with van der Waals surface area (Å²) >= 11 is 1.26. The largest absolute Gasteiger partial charge is 0.481 e. The summed E-state index contributed by atoms with van der Waals surface area (Å²) in [6.07, 6.45) is -0.254. The molecule has 0 aliphatic rings. The van der Waals surface area contributed by atoms with Crippen LogP contribution in [0.15, 0.2) is 35.7 Å². The van der Waals surface area contributed by atoms with E-state index in [2.05, 4.69) is 15.6 Å². The monoisotopic (exact) mass is 398 g/mol. The van der Waals surface area contributed by atoms with Gasteiger partial charge >= 0.3 is 5.97 Å². The molecule has 140 valence electrons. The van der Waals surface area contributed by atoms with Gasteiger partial charge in [-0.15, -0.1) is 23.7 Å². The number of amides is 2. The second kappa shape index (κ2) is 10.5. The van der Waals surface area contributed by atoms with Crippen LogP contribution in [0.1, 0.15) is 33.5 Å². The molecule has 1 aromatic carbocycles. The summed E-state index contributed by atoms with van der Waals surface area (Å²) in [4.78, 5) is 39.0. The number of carboxylic acid groups (broad SMARTS) is 1. The fourth-order valence-corrected chi connectivity index (χ4v) is 2.77. The molecule has 5 N–H and O–H groups in total. The lowest BCUT2D eigenvalue weighted by atomic mass is 10.0. The number of hydrogen-bond acceptors (Lipinski definition) is 6. The number of nitrogens with two attached hydrogens (primary N) is 1. The number of carbonyl (C=O) groups is 3. The maximum Gasteiger partial charge on any atom is 0.305 e. The van der Waals surface area contributed by atoms with Crippen LogP contribution in [-0.4, -0.2) is 34.4 Å². The fraction of sp³-hybridized carbons (Fsp3) is 0.250. The van der Waals surface area contributed by atoms with Gasteiger partial charge in [-0.1, -0.05) is 30.3 Å². The first-order valence-corrected chi connectivity index (χ1v) is 8.36. The lowest BCUT2D eigenvalue weighted by molar-refractivity contribution is -0.137. The number of carbonyl (C=O) groups excluding carboxylic acids is 2. The molecule has 2 amide bonds. The normalized spacial score (nSPS) is 11.1. The number of rotatable bonds is 8. The molecule has 26 heavy (non-hydrogen) atoms. The Balaban J connectivity index is 0.00000338. The fourth-order valence-electron chi connectivity index (χ4n) is 2.12. The molecule has 10 heteroatoms. The van der Waals surface area contributed by atoms with Crippen molar-refractivity contribution in [3.8, 4) is 0 Å². The predicted octanol–water partition coefficient (Wildman–Crippen LogP) is 1.09. The van der Waals surface area contributed by atoms with Crippen LogP contribution in [0, 0.1) is 0 Å². The molecule has 8 nitrogen and oxygen atoms in total. The molecular formula is C16H19ClN4O4S. The van der Waals surface area contributed by atoms with Crippen molar-refractivity contribution in [2.24, 2.45) is 5.73 Å². The van der Waals surface area contributed by atoms with E-state index in [9.17, 15) is 14.4 Å². The predicted molar refractivity (Wildman–Crippen MR) is 99.2 cm³/mol. The number of benzene rings is 1. The summed E-state index contributed by atoms with van der Waals surface area (Å²) in [6, 6.07) is 8.11. The van der Waals surface area contributed by atoms with Crippen molar-refractivity contribution in [3.63, 3.8) is 0 Å². The van der Waals surface area contributed by atoms with E-state index in [1.165, 1.54) is 11.3 Å². The van der Waals surface area contributed by atoms with Gasteiger partial charge in [-0.2, -0.15) is 0 Å². The minimum Gasteiger partial charge on any atom is -0.481 e. The molecule has 1 unspecified atom stereocenters. The van der Waals surface area contributed by atoms with E-state index >= 15 is 0 Å². The van der Waals surface area contributed by atoms with Crippen molar-refractivity contribution in [1.29, 1.82) is 0 Å². The van der Waals surface area contributed by atoms with Gasteiger partial charge in [0.2, 0.25) is 5.91 Å². The highest BCUT2D eigenvalue weighted by Gasteiger charge is 2.18. The van der Waals surface area contributed by atoms with E-state index in [0.717, 1.165) is 0 Å². The van der Waals surface area contributed by atoms with Gasteiger partial charge in [-0.3, -0.25) is 14.4 Å². The maximum absolute atomic E-state index is 12.0. The smallest absolute Gasteiger partial charge is 0.305 e. The van der Waals surface area contributed by atoms with Crippen LogP contribution >= 0.6 is 23.7 Å². The van der Waals surface area contributed by atoms with E-state index < -0.39 is 23.8 Å². The third-order valence-corrected chi connectivity index (χ3v) is 4.16. The van der Waals surface area contributed by atoms with Crippen LogP contribution < -0.4 is 16.4 Å². The first-order valence-electron chi connectivity index (χ1n) is 7.48. The molecule has 0 bridgehead atoms. The van der Waals surface area contributed by atoms with Crippen LogP contribution in [0.5, 0.6) is 0 Å². The first kappa shape index (κ1) is 21.6. The zero-order chi connectivity index (χ0) is 18.2. The molecule has 0 fully saturated rings. The topological polar surface area (TPSA) is 134 Å². The summed E-state index contributed by atoms with van der Waals surface area (Å²) in [6.45, 7) is -0.0380. The van der Waals surface area contributed by atoms with Gasteiger partial charge in [0.1, 0.15) is 10.7 Å². The molecule has 0 spiro atoms. The number of nitrogens with zero attached hydrogens (tertiary/aromatic N) is 1. The average molecular weight is 399 g/mol. The van der Waals surface area contributed by atoms with Crippen LogP contribution in [0.3, 0.4) is 0 Å². The van der Waals surface area contributed by atoms with Crippen molar-refractivity contribution in [1.82, 2.24) is 15.6 Å². The molecule has 1 atom stereocenters. The second-order valence-corrected chi connectivity index (χ2v) is 6.08. The van der Waals surface area contributed by atoms with E-state index in [1.807, 2.05) is 0 Å². The summed E-state index contributed by atoms with van der Waals surface area (Å²) < 4.78 is 0. The van der Waals surface area contributed by atoms with E-state index in [4.69, 9.17) is 10.8 Å². The number of carboxylic acids is 1. The highest BCUT2D eigenvalue weighted by atomic mass is 35.5. The molecular weight excluding hydrogens is 380 g/mol. The number of aliphatic carboxylic acids is 1. The Morgan fingerprint density at radius 3 is 2.50 bits per heavy atom. The van der Waals surface area contributed by atoms with Crippen LogP contribution in [-0.2, 0) is 16.1 Å². The molecule has 0 aliphatic heterocycles. The van der Waals surface area contributed by atoms with Gasteiger partial charge in [0.25, 0.3) is 5.91 Å². The van der Waals surface area contributed by atoms with Gasteiger partial charge in [0.05, 0.1) is 19.0 Å². The van der Waals surface area contributed by atoms with Crippen LogP contribution in [0.25, 0.3) is 0 Å². The lowest BCUT2D eigenvalue weighted by Gasteiger charge is -2.17. The van der Waals surface area contributed by atoms with Gasteiger partial charge in [0, 0.05) is 11.9 Å². The van der Waals surface area contributed by atoms with Crippen LogP contribution in [0.4, 0.5) is 0 Å². The third kappa shape index (κ3) is 6.43. The molecule has 1 aromatic heterocycles. The number of aromatic nitrogens is 1. The Labute approximate surface area is 160 Å². The Bertz CT molecular complexity index is 754. The molecule has 0 radical (unpaired) electrons. The Hall–Kier alpha value is -2.49. The Morgan fingerprint density at radius 1 is 1.23 bits per heavy atom. The zero-order valence-electron chi connectivity index (χ0n) is 13.7. The van der Waals surface area contributed by atoms with E-state index in [-0.39, 0.29) is 37.6 Å². The highest BCUT2D eigenvalue weighted by Crippen LogP contribution is 2.16. The van der Waals surface area contributed by atoms with Gasteiger partial charge in [-0.25, -0.2) is 4.98 Å². The zero-order valence-corrected chi connectivity index (χ0v) is 15.3. The standard InChI is InChI=1S/C16H18N4O4S.ClH/c17-7-14-20-12(9-25-14)16(24)18-8-13(21)19-11(6-15(22)23)10-4-2-1-3-5-10;/h1-5,9,11H,6-8,17H2,(H,18,24)(H,19,21)(H,22,23);1H. The minimum atomic E-state index is -1.03. The summed E-state index contributed by atoms with van der Waals surface area (Å²) in [7, 11) is 0. The molecule has 2 rings (SSSR count). The van der Waals surface area contributed by atoms with E-state index in [0.29, 0.717) is 10.6 Å². The number of hydrogen-bond donors (Lipinski definition) is 4. The minimum absolute atomic E-state index is 0. The summed E-state index contributed by atoms with van der Waals surface area (Å²) in [5.41, 5.74) is 6.31. The van der Waals surface area contributed by atoms with Gasteiger partial charge < -0.3 is 21.5 Å². The van der Waals surface area contributed by atoms with Crippen molar-refractivity contribution >= 4 is 41.5 Å².